The molecule has 102 valence electrons. The molecular weight excluding hydrogens is 226 g/mol. The maximum atomic E-state index is 12.3. The lowest BCUT2D eigenvalue weighted by Crippen LogP contribution is -2.48. The summed E-state index contributed by atoms with van der Waals surface area (Å²) in [4.78, 5) is 17.1. The van der Waals surface area contributed by atoms with Gasteiger partial charge in [0.15, 0.2) is 0 Å². The van der Waals surface area contributed by atoms with Gasteiger partial charge in [-0.3, -0.25) is 15.0 Å². The van der Waals surface area contributed by atoms with Gasteiger partial charge >= 0.3 is 0 Å². The molecule has 3 atom stereocenters. The molecule has 1 saturated carbocycles. The largest absolute Gasteiger partial charge is 0.321 e. The normalized spacial score (nSPS) is 38.1. The number of rotatable bonds is 3. The lowest BCUT2D eigenvalue weighted by molar-refractivity contribution is -0.132. The van der Waals surface area contributed by atoms with Crippen molar-refractivity contribution in [3.05, 3.63) is 0 Å². The minimum Gasteiger partial charge on any atom is -0.321 e. The Balaban J connectivity index is 1.71. The third-order valence-corrected chi connectivity index (χ3v) is 4.63. The summed E-state index contributed by atoms with van der Waals surface area (Å²) in [6, 6.07) is 1.26. The summed E-state index contributed by atoms with van der Waals surface area (Å²) in [7, 11) is 0. The molecule has 2 saturated heterocycles. The number of hydrogen-bond acceptors (Lipinski definition) is 3. The van der Waals surface area contributed by atoms with Gasteiger partial charge in [-0.1, -0.05) is 13.8 Å². The van der Waals surface area contributed by atoms with Crippen LogP contribution in [0.4, 0.5) is 0 Å². The van der Waals surface area contributed by atoms with Crippen molar-refractivity contribution in [3.8, 4) is 0 Å². The van der Waals surface area contributed by atoms with E-state index in [4.69, 9.17) is 0 Å². The van der Waals surface area contributed by atoms with Crippen molar-refractivity contribution in [3.63, 3.8) is 0 Å². The molecule has 4 heteroatoms. The van der Waals surface area contributed by atoms with Crippen LogP contribution in [-0.2, 0) is 4.79 Å². The van der Waals surface area contributed by atoms with Crippen molar-refractivity contribution in [1.29, 1.82) is 0 Å². The van der Waals surface area contributed by atoms with Crippen LogP contribution in [0.2, 0.25) is 0 Å². The van der Waals surface area contributed by atoms with Crippen molar-refractivity contribution in [2.45, 2.75) is 64.3 Å². The van der Waals surface area contributed by atoms with Gasteiger partial charge in [-0.05, 0) is 32.1 Å². The van der Waals surface area contributed by atoms with Crippen molar-refractivity contribution >= 4 is 5.91 Å². The molecule has 0 spiro atoms. The smallest absolute Gasteiger partial charge is 0.241 e. The number of hydrogen-bond donors (Lipinski definition) is 1. The molecule has 3 rings (SSSR count). The molecule has 18 heavy (non-hydrogen) atoms. The van der Waals surface area contributed by atoms with Gasteiger partial charge in [0.1, 0.15) is 0 Å². The first-order chi connectivity index (χ1) is 8.58. The number of likely N-dealkylation sites (tertiary alicyclic amines) is 1. The van der Waals surface area contributed by atoms with E-state index >= 15 is 0 Å². The van der Waals surface area contributed by atoms with Gasteiger partial charge in [0.2, 0.25) is 5.91 Å². The van der Waals surface area contributed by atoms with Crippen molar-refractivity contribution in [2.75, 3.05) is 13.1 Å². The summed E-state index contributed by atoms with van der Waals surface area (Å²) >= 11 is 0. The topological polar surface area (TPSA) is 35.6 Å². The minimum atomic E-state index is -0.00706. The second-order valence-corrected chi connectivity index (χ2v) is 6.49. The maximum Gasteiger partial charge on any atom is 0.241 e. The van der Waals surface area contributed by atoms with Gasteiger partial charge in [-0.2, -0.15) is 0 Å². The predicted molar refractivity (Wildman–Crippen MR) is 71.1 cm³/mol. The summed E-state index contributed by atoms with van der Waals surface area (Å²) in [6.07, 6.45) is 4.11. The van der Waals surface area contributed by atoms with E-state index in [1.165, 1.54) is 19.4 Å². The van der Waals surface area contributed by atoms with E-state index in [0.29, 0.717) is 17.9 Å². The van der Waals surface area contributed by atoms with Gasteiger partial charge < -0.3 is 4.90 Å². The third kappa shape index (κ3) is 2.05. The zero-order valence-corrected chi connectivity index (χ0v) is 11.7. The van der Waals surface area contributed by atoms with E-state index in [9.17, 15) is 4.79 Å². The standard InChI is InChI=1S/C14H25N3O/c1-9(2)13-15-10(3)14(18)17(13)12-6-7-16(8-12)11-4-5-11/h9-13,15H,4-8H2,1-3H3. The van der Waals surface area contributed by atoms with Crippen LogP contribution in [0.25, 0.3) is 0 Å². The van der Waals surface area contributed by atoms with Crippen LogP contribution < -0.4 is 5.32 Å². The van der Waals surface area contributed by atoms with Crippen molar-refractivity contribution < 1.29 is 4.79 Å². The van der Waals surface area contributed by atoms with E-state index in [-0.39, 0.29) is 12.2 Å². The van der Waals surface area contributed by atoms with Crippen LogP contribution in [0.15, 0.2) is 0 Å². The molecule has 0 radical (unpaired) electrons. The Morgan fingerprint density at radius 3 is 2.56 bits per heavy atom. The quantitative estimate of drug-likeness (QED) is 0.813. The van der Waals surface area contributed by atoms with E-state index in [1.54, 1.807) is 0 Å². The highest BCUT2D eigenvalue weighted by Crippen LogP contribution is 2.33. The van der Waals surface area contributed by atoms with E-state index in [0.717, 1.165) is 19.0 Å². The molecule has 3 unspecified atom stereocenters. The van der Waals surface area contributed by atoms with Crippen molar-refractivity contribution in [2.24, 2.45) is 5.92 Å². The Bertz CT molecular complexity index is 340. The highest BCUT2D eigenvalue weighted by atomic mass is 16.2. The molecular formula is C14H25N3O. The number of nitrogens with one attached hydrogen (secondary N) is 1. The molecule has 2 heterocycles. The number of carbonyl (C=O) groups excluding carboxylic acids is 1. The van der Waals surface area contributed by atoms with Crippen LogP contribution in [0, 0.1) is 5.92 Å². The van der Waals surface area contributed by atoms with Gasteiger partial charge in [-0.25, -0.2) is 0 Å². The first-order valence-corrected chi connectivity index (χ1v) is 7.40. The number of carbonyl (C=O) groups is 1. The Labute approximate surface area is 110 Å². The van der Waals surface area contributed by atoms with Crippen molar-refractivity contribution in [1.82, 2.24) is 15.1 Å². The number of nitrogens with zero attached hydrogens (tertiary/aromatic N) is 2. The van der Waals surface area contributed by atoms with Crippen LogP contribution in [0.5, 0.6) is 0 Å². The molecule has 2 aliphatic heterocycles. The number of amides is 1. The summed E-state index contributed by atoms with van der Waals surface area (Å²) in [5, 5.41) is 3.45. The van der Waals surface area contributed by atoms with Gasteiger partial charge in [0.25, 0.3) is 0 Å². The van der Waals surface area contributed by atoms with E-state index in [2.05, 4.69) is 29.0 Å². The minimum absolute atomic E-state index is 0.00706. The zero-order valence-electron chi connectivity index (χ0n) is 11.7. The van der Waals surface area contributed by atoms with Gasteiger partial charge in [0.05, 0.1) is 12.2 Å². The summed E-state index contributed by atoms with van der Waals surface area (Å²) < 4.78 is 0. The second-order valence-electron chi connectivity index (χ2n) is 6.49. The summed E-state index contributed by atoms with van der Waals surface area (Å²) in [6.45, 7) is 8.66. The molecule has 0 bridgehead atoms. The van der Waals surface area contributed by atoms with Crippen LogP contribution in [0.1, 0.15) is 40.0 Å². The average Bonchev–Trinajstić information content (AvgIpc) is 2.99. The zero-order chi connectivity index (χ0) is 12.9. The van der Waals surface area contributed by atoms with Crippen LogP contribution in [0.3, 0.4) is 0 Å². The van der Waals surface area contributed by atoms with E-state index < -0.39 is 0 Å². The predicted octanol–water partition coefficient (Wildman–Crippen LogP) is 1.03. The van der Waals surface area contributed by atoms with Crippen LogP contribution in [-0.4, -0.2) is 53.1 Å². The molecule has 0 aromatic rings. The first kappa shape index (κ1) is 12.4. The Morgan fingerprint density at radius 2 is 1.94 bits per heavy atom. The lowest BCUT2D eigenvalue weighted by Gasteiger charge is -2.32. The van der Waals surface area contributed by atoms with Crippen LogP contribution >= 0.6 is 0 Å². The summed E-state index contributed by atoms with van der Waals surface area (Å²) in [5.41, 5.74) is 0. The molecule has 3 aliphatic rings. The Morgan fingerprint density at radius 1 is 1.22 bits per heavy atom. The van der Waals surface area contributed by atoms with Gasteiger partial charge in [-0.15, -0.1) is 0 Å². The molecule has 0 aromatic heterocycles. The SMILES string of the molecule is CC1NC(C(C)C)N(C2CCN(C3CC3)C2)C1=O. The maximum absolute atomic E-state index is 12.3. The Kier molecular flexibility index (Phi) is 3.10. The monoisotopic (exact) mass is 251 g/mol. The fourth-order valence-corrected chi connectivity index (χ4v) is 3.46. The molecule has 1 amide bonds. The molecule has 3 fully saturated rings. The molecule has 1 aliphatic carbocycles. The highest BCUT2D eigenvalue weighted by Gasteiger charge is 2.45. The first-order valence-electron chi connectivity index (χ1n) is 7.40. The van der Waals surface area contributed by atoms with E-state index in [1.807, 2.05) is 6.92 Å². The Hall–Kier alpha value is -0.610. The third-order valence-electron chi connectivity index (χ3n) is 4.63. The fraction of sp³-hybridized carbons (Fsp3) is 0.929. The molecule has 1 N–H and O–H groups in total. The van der Waals surface area contributed by atoms with Gasteiger partial charge in [0, 0.05) is 25.2 Å². The molecule has 4 nitrogen and oxygen atoms in total. The molecule has 0 aromatic carbocycles. The highest BCUT2D eigenvalue weighted by molar-refractivity contribution is 5.84. The second kappa shape index (κ2) is 4.49. The average molecular weight is 251 g/mol. The lowest BCUT2D eigenvalue weighted by atomic mass is 10.1. The fourth-order valence-electron chi connectivity index (χ4n) is 3.46. The summed E-state index contributed by atoms with van der Waals surface area (Å²) in [5.74, 6) is 0.783.